The summed E-state index contributed by atoms with van der Waals surface area (Å²) in [5.41, 5.74) is 1.12. The molecule has 0 saturated carbocycles. The third-order valence-electron chi connectivity index (χ3n) is 4.10. The Bertz CT molecular complexity index is 748. The minimum Gasteiger partial charge on any atom is -0.489 e. The fourth-order valence-corrected chi connectivity index (χ4v) is 2.97. The Kier molecular flexibility index (Phi) is 7.41. The SMILES string of the molecule is CC(C)N(C(=O)COC(=O)c1ccccc1COc1ccccc1)C(C)C. The molecular weight excluding hydrogens is 342 g/mol. The fraction of sp³-hybridized carbons (Fsp3) is 0.364. The van der Waals surface area contributed by atoms with E-state index in [4.69, 9.17) is 9.47 Å². The summed E-state index contributed by atoms with van der Waals surface area (Å²) >= 11 is 0. The maximum atomic E-state index is 12.5. The molecule has 0 heterocycles. The van der Waals surface area contributed by atoms with E-state index in [-0.39, 0.29) is 31.2 Å². The number of amides is 1. The normalized spacial score (nSPS) is 10.7. The highest BCUT2D eigenvalue weighted by atomic mass is 16.5. The first kappa shape index (κ1) is 20.5. The molecule has 27 heavy (non-hydrogen) atoms. The molecule has 0 radical (unpaired) electrons. The predicted octanol–water partition coefficient (Wildman–Crippen LogP) is 4.07. The number of rotatable bonds is 8. The Hall–Kier alpha value is -2.82. The predicted molar refractivity (Wildman–Crippen MR) is 105 cm³/mol. The van der Waals surface area contributed by atoms with Gasteiger partial charge in [-0.05, 0) is 45.9 Å². The number of hydrogen-bond acceptors (Lipinski definition) is 4. The third-order valence-corrected chi connectivity index (χ3v) is 4.10. The van der Waals surface area contributed by atoms with Crippen LogP contribution in [0.15, 0.2) is 54.6 Å². The molecule has 144 valence electrons. The minimum absolute atomic E-state index is 0.0442. The van der Waals surface area contributed by atoms with Crippen molar-refractivity contribution in [3.05, 3.63) is 65.7 Å². The van der Waals surface area contributed by atoms with E-state index in [2.05, 4.69) is 0 Å². The number of carbonyl (C=O) groups is 2. The first-order chi connectivity index (χ1) is 12.9. The molecule has 5 nitrogen and oxygen atoms in total. The lowest BCUT2D eigenvalue weighted by Gasteiger charge is -2.30. The van der Waals surface area contributed by atoms with Crippen LogP contribution in [-0.4, -0.2) is 35.5 Å². The van der Waals surface area contributed by atoms with E-state index < -0.39 is 5.97 Å². The standard InChI is InChI=1S/C22H27NO4/c1-16(2)23(17(3)4)21(24)15-27-22(25)20-13-9-8-10-18(20)14-26-19-11-6-5-7-12-19/h5-13,16-17H,14-15H2,1-4H3. The van der Waals surface area contributed by atoms with Crippen molar-refractivity contribution < 1.29 is 19.1 Å². The van der Waals surface area contributed by atoms with Crippen molar-refractivity contribution in [2.45, 2.75) is 46.4 Å². The van der Waals surface area contributed by atoms with E-state index in [0.29, 0.717) is 11.1 Å². The highest BCUT2D eigenvalue weighted by Gasteiger charge is 2.22. The van der Waals surface area contributed by atoms with Gasteiger partial charge in [-0.15, -0.1) is 0 Å². The molecule has 0 aliphatic heterocycles. The van der Waals surface area contributed by atoms with Gasteiger partial charge in [0.15, 0.2) is 6.61 Å². The summed E-state index contributed by atoms with van der Waals surface area (Å²) in [6.07, 6.45) is 0. The van der Waals surface area contributed by atoms with Crippen molar-refractivity contribution in [2.24, 2.45) is 0 Å². The zero-order chi connectivity index (χ0) is 19.8. The first-order valence-electron chi connectivity index (χ1n) is 9.14. The van der Waals surface area contributed by atoms with Gasteiger partial charge in [0.2, 0.25) is 0 Å². The van der Waals surface area contributed by atoms with Crippen molar-refractivity contribution in [1.82, 2.24) is 4.90 Å². The molecule has 0 N–H and O–H groups in total. The number of para-hydroxylation sites is 1. The number of benzene rings is 2. The fourth-order valence-electron chi connectivity index (χ4n) is 2.97. The molecule has 0 fully saturated rings. The molecule has 0 saturated heterocycles. The molecule has 0 spiro atoms. The molecular formula is C22H27NO4. The Balaban J connectivity index is 2.01. The third kappa shape index (κ3) is 5.84. The molecule has 2 rings (SSSR count). The zero-order valence-corrected chi connectivity index (χ0v) is 16.3. The monoisotopic (exact) mass is 369 g/mol. The van der Waals surface area contributed by atoms with E-state index >= 15 is 0 Å². The topological polar surface area (TPSA) is 55.8 Å². The van der Waals surface area contributed by atoms with Gasteiger partial charge in [-0.2, -0.15) is 0 Å². The Morgan fingerprint density at radius 3 is 2.11 bits per heavy atom. The number of nitrogens with zero attached hydrogens (tertiary/aromatic N) is 1. The summed E-state index contributed by atoms with van der Waals surface area (Å²) in [6, 6.07) is 16.6. The lowest BCUT2D eigenvalue weighted by molar-refractivity contribution is -0.138. The van der Waals surface area contributed by atoms with Crippen LogP contribution in [0.4, 0.5) is 0 Å². The van der Waals surface area contributed by atoms with Crippen LogP contribution in [0.25, 0.3) is 0 Å². The molecule has 2 aromatic carbocycles. The summed E-state index contributed by atoms with van der Waals surface area (Å²) in [4.78, 5) is 26.6. The zero-order valence-electron chi connectivity index (χ0n) is 16.3. The molecule has 5 heteroatoms. The van der Waals surface area contributed by atoms with Crippen LogP contribution >= 0.6 is 0 Å². The summed E-state index contributed by atoms with van der Waals surface area (Å²) in [6.45, 7) is 7.73. The van der Waals surface area contributed by atoms with Gasteiger partial charge < -0.3 is 14.4 Å². The van der Waals surface area contributed by atoms with E-state index in [1.165, 1.54) is 0 Å². The van der Waals surface area contributed by atoms with Crippen molar-refractivity contribution >= 4 is 11.9 Å². The largest absolute Gasteiger partial charge is 0.489 e. The smallest absolute Gasteiger partial charge is 0.339 e. The quantitative estimate of drug-likeness (QED) is 0.658. The van der Waals surface area contributed by atoms with E-state index in [0.717, 1.165) is 5.75 Å². The lowest BCUT2D eigenvalue weighted by atomic mass is 10.1. The van der Waals surface area contributed by atoms with E-state index in [1.807, 2.05) is 70.2 Å². The van der Waals surface area contributed by atoms with E-state index in [9.17, 15) is 9.59 Å². The summed E-state index contributed by atoms with van der Waals surface area (Å²) in [7, 11) is 0. The number of carbonyl (C=O) groups excluding carboxylic acids is 2. The second kappa shape index (κ2) is 9.76. The molecule has 0 aliphatic rings. The Morgan fingerprint density at radius 2 is 1.48 bits per heavy atom. The molecule has 0 aromatic heterocycles. The summed E-state index contributed by atoms with van der Waals surface area (Å²) in [5, 5.41) is 0. The van der Waals surface area contributed by atoms with Gasteiger partial charge in [0.1, 0.15) is 12.4 Å². The van der Waals surface area contributed by atoms with Crippen LogP contribution in [0, 0.1) is 0 Å². The van der Waals surface area contributed by atoms with Crippen molar-refractivity contribution in [2.75, 3.05) is 6.61 Å². The molecule has 0 unspecified atom stereocenters. The maximum absolute atomic E-state index is 12.5. The van der Waals surface area contributed by atoms with Crippen LogP contribution in [0.3, 0.4) is 0 Å². The van der Waals surface area contributed by atoms with Gasteiger partial charge in [-0.3, -0.25) is 4.79 Å². The highest BCUT2D eigenvalue weighted by molar-refractivity contribution is 5.92. The van der Waals surface area contributed by atoms with Gasteiger partial charge in [0.05, 0.1) is 5.56 Å². The lowest BCUT2D eigenvalue weighted by Crippen LogP contribution is -2.44. The number of ether oxygens (including phenoxy) is 2. The Labute approximate surface area is 160 Å². The van der Waals surface area contributed by atoms with Crippen molar-refractivity contribution in [3.8, 4) is 5.75 Å². The molecule has 0 bridgehead atoms. The summed E-state index contributed by atoms with van der Waals surface area (Å²) < 4.78 is 11.0. The van der Waals surface area contributed by atoms with Gasteiger partial charge in [-0.25, -0.2) is 4.79 Å². The molecule has 2 aromatic rings. The van der Waals surface area contributed by atoms with Crippen LogP contribution in [0.5, 0.6) is 5.75 Å². The van der Waals surface area contributed by atoms with Crippen molar-refractivity contribution in [1.29, 1.82) is 0 Å². The van der Waals surface area contributed by atoms with Crippen LogP contribution in [0.2, 0.25) is 0 Å². The van der Waals surface area contributed by atoms with Crippen molar-refractivity contribution in [3.63, 3.8) is 0 Å². The van der Waals surface area contributed by atoms with Crippen LogP contribution in [-0.2, 0) is 16.1 Å². The second-order valence-electron chi connectivity index (χ2n) is 6.82. The van der Waals surface area contributed by atoms with Gasteiger partial charge in [-0.1, -0.05) is 36.4 Å². The molecule has 1 amide bonds. The Morgan fingerprint density at radius 1 is 0.889 bits per heavy atom. The van der Waals surface area contributed by atoms with Gasteiger partial charge in [0, 0.05) is 17.6 Å². The van der Waals surface area contributed by atoms with Crippen LogP contribution < -0.4 is 4.74 Å². The summed E-state index contributed by atoms with van der Waals surface area (Å²) in [5.74, 6) is -0.00482. The maximum Gasteiger partial charge on any atom is 0.339 e. The molecule has 0 aliphatic carbocycles. The minimum atomic E-state index is -0.525. The number of hydrogen-bond donors (Lipinski definition) is 0. The number of esters is 1. The highest BCUT2D eigenvalue weighted by Crippen LogP contribution is 2.16. The van der Waals surface area contributed by atoms with Gasteiger partial charge in [0.25, 0.3) is 5.91 Å². The molecule has 0 atom stereocenters. The van der Waals surface area contributed by atoms with E-state index in [1.54, 1.807) is 17.0 Å². The van der Waals surface area contributed by atoms with Crippen LogP contribution in [0.1, 0.15) is 43.6 Å². The van der Waals surface area contributed by atoms with Gasteiger partial charge >= 0.3 is 5.97 Å². The average molecular weight is 369 g/mol. The first-order valence-corrected chi connectivity index (χ1v) is 9.14. The average Bonchev–Trinajstić information content (AvgIpc) is 2.65. The second-order valence-corrected chi connectivity index (χ2v) is 6.82.